The van der Waals surface area contributed by atoms with Crippen LogP contribution in [0.4, 0.5) is 8.78 Å². The molecule has 2 heterocycles. The predicted molar refractivity (Wildman–Crippen MR) is 66.9 cm³/mol. The van der Waals surface area contributed by atoms with Gasteiger partial charge in [-0.05, 0) is 20.3 Å². The first-order valence-corrected chi connectivity index (χ1v) is 6.57. The Morgan fingerprint density at radius 1 is 1.58 bits per heavy atom. The van der Waals surface area contributed by atoms with E-state index in [4.69, 9.17) is 0 Å². The smallest absolute Gasteiger partial charge is 0.255 e. The third-order valence-electron chi connectivity index (χ3n) is 3.54. The zero-order chi connectivity index (χ0) is 14.0. The molecule has 6 heteroatoms. The average molecular weight is 271 g/mol. The summed E-state index contributed by atoms with van der Waals surface area (Å²) >= 11 is 0. The van der Waals surface area contributed by atoms with E-state index < -0.39 is 13.0 Å². The maximum atomic E-state index is 12.6. The Morgan fingerprint density at radius 3 is 2.95 bits per heavy atom. The highest BCUT2D eigenvalue weighted by Crippen LogP contribution is 2.22. The zero-order valence-corrected chi connectivity index (χ0v) is 11.2. The molecule has 19 heavy (non-hydrogen) atoms. The highest BCUT2D eigenvalue weighted by molar-refractivity contribution is 5.79. The van der Waals surface area contributed by atoms with Crippen LogP contribution in [0.15, 0.2) is 12.4 Å². The summed E-state index contributed by atoms with van der Waals surface area (Å²) in [5, 5.41) is 0. The van der Waals surface area contributed by atoms with Crippen molar-refractivity contribution in [2.24, 2.45) is 5.92 Å². The van der Waals surface area contributed by atoms with E-state index in [0.717, 1.165) is 12.4 Å². The second kappa shape index (κ2) is 5.67. The molecule has 2 rings (SSSR count). The maximum absolute atomic E-state index is 12.6. The minimum absolute atomic E-state index is 0.176. The van der Waals surface area contributed by atoms with Crippen LogP contribution in [0.1, 0.15) is 26.1 Å². The Bertz CT molecular complexity index is 445. The molecule has 4 nitrogen and oxygen atoms in total. The number of imidazole rings is 1. The molecule has 0 N–H and O–H groups in total. The fourth-order valence-corrected chi connectivity index (χ4v) is 2.50. The van der Waals surface area contributed by atoms with Gasteiger partial charge in [-0.15, -0.1) is 0 Å². The summed E-state index contributed by atoms with van der Waals surface area (Å²) in [5.41, 5.74) is 0. The van der Waals surface area contributed by atoms with E-state index in [9.17, 15) is 13.6 Å². The summed E-state index contributed by atoms with van der Waals surface area (Å²) in [7, 11) is 0. The summed E-state index contributed by atoms with van der Waals surface area (Å²) in [6.07, 6.45) is 2.33. The molecule has 0 aromatic carbocycles. The van der Waals surface area contributed by atoms with Crippen LogP contribution in [0.3, 0.4) is 0 Å². The van der Waals surface area contributed by atoms with Crippen molar-refractivity contribution in [2.75, 3.05) is 6.54 Å². The lowest BCUT2D eigenvalue weighted by molar-refractivity contribution is -0.140. The van der Waals surface area contributed by atoms with Crippen molar-refractivity contribution in [3.63, 3.8) is 0 Å². The van der Waals surface area contributed by atoms with E-state index in [1.165, 1.54) is 4.90 Å². The van der Waals surface area contributed by atoms with Gasteiger partial charge in [0.25, 0.3) is 6.43 Å². The molecular weight excluding hydrogens is 252 g/mol. The van der Waals surface area contributed by atoms with Crippen LogP contribution in [0, 0.1) is 5.92 Å². The number of hydrogen-bond acceptors (Lipinski definition) is 2. The van der Waals surface area contributed by atoms with E-state index >= 15 is 0 Å². The number of nitrogens with zero attached hydrogens (tertiary/aromatic N) is 3. The Labute approximate surface area is 111 Å². The van der Waals surface area contributed by atoms with Crippen molar-refractivity contribution >= 4 is 5.91 Å². The monoisotopic (exact) mass is 271 g/mol. The predicted octanol–water partition coefficient (Wildman–Crippen LogP) is 1.95. The van der Waals surface area contributed by atoms with Gasteiger partial charge in [0.15, 0.2) is 0 Å². The molecule has 1 unspecified atom stereocenters. The van der Waals surface area contributed by atoms with E-state index in [-0.39, 0.29) is 17.9 Å². The number of carbonyl (C=O) groups is 1. The number of carbonyl (C=O) groups excluding carboxylic acids is 1. The van der Waals surface area contributed by atoms with Gasteiger partial charge >= 0.3 is 0 Å². The summed E-state index contributed by atoms with van der Waals surface area (Å²) in [5.74, 6) is 0.464. The van der Waals surface area contributed by atoms with Crippen molar-refractivity contribution in [1.29, 1.82) is 0 Å². The molecule has 106 valence electrons. The molecule has 0 saturated carbocycles. The van der Waals surface area contributed by atoms with Crippen molar-refractivity contribution < 1.29 is 13.6 Å². The minimum Gasteiger partial charge on any atom is -0.335 e. The van der Waals surface area contributed by atoms with Crippen LogP contribution < -0.4 is 0 Å². The van der Waals surface area contributed by atoms with E-state index in [1.807, 2.05) is 10.8 Å². The Hall–Kier alpha value is -1.46. The lowest BCUT2D eigenvalue weighted by Gasteiger charge is -2.32. The van der Waals surface area contributed by atoms with Crippen molar-refractivity contribution in [2.45, 2.75) is 45.7 Å². The number of alkyl halides is 2. The van der Waals surface area contributed by atoms with Crippen molar-refractivity contribution in [3.8, 4) is 0 Å². The first kappa shape index (κ1) is 14.0. The summed E-state index contributed by atoms with van der Waals surface area (Å²) in [6.45, 7) is 3.78. The second-order valence-corrected chi connectivity index (χ2v) is 5.20. The average Bonchev–Trinajstić information content (AvgIpc) is 2.81. The van der Waals surface area contributed by atoms with E-state index in [0.29, 0.717) is 12.8 Å². The van der Waals surface area contributed by atoms with E-state index in [2.05, 4.69) is 4.98 Å². The molecule has 1 aromatic heterocycles. The number of aromatic nitrogens is 2. The van der Waals surface area contributed by atoms with Gasteiger partial charge in [0.1, 0.15) is 5.82 Å². The van der Waals surface area contributed by atoms with Gasteiger partial charge in [-0.3, -0.25) is 4.79 Å². The molecule has 0 bridgehead atoms. The van der Waals surface area contributed by atoms with Crippen LogP contribution in [0.25, 0.3) is 0 Å². The molecule has 0 saturated heterocycles. The number of aryl methyl sites for hydroxylation is 1. The molecular formula is C13H19F2N3O. The molecule has 0 radical (unpaired) electrons. The molecule has 1 amide bonds. The molecule has 0 aliphatic carbocycles. The number of halogens is 2. The normalized spacial score (nSPS) is 18.7. The van der Waals surface area contributed by atoms with Crippen LogP contribution >= 0.6 is 0 Å². The Morgan fingerprint density at radius 2 is 2.32 bits per heavy atom. The Kier molecular flexibility index (Phi) is 4.17. The Balaban J connectivity index is 2.06. The molecule has 1 aliphatic rings. The van der Waals surface area contributed by atoms with Crippen LogP contribution in [0.2, 0.25) is 0 Å². The third kappa shape index (κ3) is 3.11. The number of amides is 1. The van der Waals surface area contributed by atoms with Gasteiger partial charge in [-0.1, -0.05) is 0 Å². The fourth-order valence-electron chi connectivity index (χ4n) is 2.50. The van der Waals surface area contributed by atoms with Gasteiger partial charge in [0, 0.05) is 37.3 Å². The summed E-state index contributed by atoms with van der Waals surface area (Å²) in [6, 6.07) is -0.205. The first-order chi connectivity index (χ1) is 8.99. The quantitative estimate of drug-likeness (QED) is 0.839. The van der Waals surface area contributed by atoms with Gasteiger partial charge in [-0.25, -0.2) is 13.8 Å². The zero-order valence-electron chi connectivity index (χ0n) is 11.2. The second-order valence-electron chi connectivity index (χ2n) is 5.20. The first-order valence-electron chi connectivity index (χ1n) is 6.57. The van der Waals surface area contributed by atoms with Crippen LogP contribution in [-0.4, -0.2) is 39.4 Å². The number of hydrogen-bond donors (Lipinski definition) is 0. The van der Waals surface area contributed by atoms with E-state index in [1.54, 1.807) is 20.0 Å². The van der Waals surface area contributed by atoms with Gasteiger partial charge in [-0.2, -0.15) is 0 Å². The topological polar surface area (TPSA) is 38.1 Å². The lowest BCUT2D eigenvalue weighted by atomic mass is 9.95. The molecule has 1 aliphatic heterocycles. The van der Waals surface area contributed by atoms with Crippen LogP contribution in [0.5, 0.6) is 0 Å². The highest BCUT2D eigenvalue weighted by atomic mass is 19.3. The van der Waals surface area contributed by atoms with Gasteiger partial charge in [0.05, 0.1) is 6.54 Å². The summed E-state index contributed by atoms with van der Waals surface area (Å²) < 4.78 is 27.1. The minimum atomic E-state index is -2.49. The third-order valence-corrected chi connectivity index (χ3v) is 3.54. The largest absolute Gasteiger partial charge is 0.335 e. The van der Waals surface area contributed by atoms with Crippen molar-refractivity contribution in [3.05, 3.63) is 18.2 Å². The maximum Gasteiger partial charge on any atom is 0.255 e. The standard InChI is InChI=1S/C13H19F2N3O/c1-9(2)18(8-11(14)15)13(19)10-3-5-17-6-4-16-12(17)7-10/h4,6,9-11H,3,5,7-8H2,1-2H3. The van der Waals surface area contributed by atoms with Gasteiger partial charge in [0.2, 0.25) is 5.91 Å². The molecule has 1 aromatic rings. The highest BCUT2D eigenvalue weighted by Gasteiger charge is 2.31. The lowest BCUT2D eigenvalue weighted by Crippen LogP contribution is -2.45. The molecule has 0 fully saturated rings. The summed E-state index contributed by atoms with van der Waals surface area (Å²) in [4.78, 5) is 17.8. The number of rotatable bonds is 4. The van der Waals surface area contributed by atoms with Crippen molar-refractivity contribution in [1.82, 2.24) is 14.5 Å². The molecule has 0 spiro atoms. The van der Waals surface area contributed by atoms with Crippen LogP contribution in [-0.2, 0) is 17.8 Å². The number of fused-ring (bicyclic) bond motifs is 1. The van der Waals surface area contributed by atoms with Gasteiger partial charge < -0.3 is 9.47 Å². The fraction of sp³-hybridized carbons (Fsp3) is 0.692. The molecule has 1 atom stereocenters. The SMILES string of the molecule is CC(C)N(CC(F)F)C(=O)C1CCn2ccnc2C1.